The van der Waals surface area contributed by atoms with Crippen LogP contribution in [0.3, 0.4) is 0 Å². The van der Waals surface area contributed by atoms with Gasteiger partial charge in [0.15, 0.2) is 0 Å². The van der Waals surface area contributed by atoms with Gasteiger partial charge >= 0.3 is 0 Å². The molecule has 4 heteroatoms. The first-order chi connectivity index (χ1) is 8.54. The Morgan fingerprint density at radius 1 is 1.39 bits per heavy atom. The summed E-state index contributed by atoms with van der Waals surface area (Å²) in [6, 6.07) is 0.413. The van der Waals surface area contributed by atoms with Crippen LogP contribution in [-0.4, -0.2) is 54.1 Å². The molecule has 2 aliphatic heterocycles. The van der Waals surface area contributed by atoms with Crippen molar-refractivity contribution in [2.45, 2.75) is 58.3 Å². The van der Waals surface area contributed by atoms with Crippen LogP contribution in [0.4, 0.5) is 0 Å². The molecule has 1 amide bonds. The molecule has 2 fully saturated rings. The van der Waals surface area contributed by atoms with Crippen LogP contribution >= 0.6 is 0 Å². The number of nitrogens with zero attached hydrogens (tertiary/aromatic N) is 2. The monoisotopic (exact) mass is 253 g/mol. The molecule has 18 heavy (non-hydrogen) atoms. The Kier molecular flexibility index (Phi) is 4.28. The molecular formula is C14H27N3O. The van der Waals surface area contributed by atoms with Gasteiger partial charge in [-0.1, -0.05) is 20.3 Å². The SMILES string of the molecule is CCCC1NC(C)C(=O)N1C1CCN(C)CC1C. The smallest absolute Gasteiger partial charge is 0.240 e. The molecule has 4 unspecified atom stereocenters. The maximum absolute atomic E-state index is 12.4. The predicted octanol–water partition coefficient (Wildman–Crippen LogP) is 1.27. The predicted molar refractivity (Wildman–Crippen MR) is 73.2 cm³/mol. The molecule has 2 rings (SSSR count). The van der Waals surface area contributed by atoms with Gasteiger partial charge in [0.1, 0.15) is 0 Å². The van der Waals surface area contributed by atoms with E-state index in [9.17, 15) is 4.79 Å². The number of carbonyl (C=O) groups is 1. The molecule has 2 aliphatic rings. The first-order valence-electron chi connectivity index (χ1n) is 7.31. The van der Waals surface area contributed by atoms with Crippen LogP contribution in [0.2, 0.25) is 0 Å². The first-order valence-corrected chi connectivity index (χ1v) is 7.31. The second kappa shape index (κ2) is 5.57. The van der Waals surface area contributed by atoms with Crippen molar-refractivity contribution in [2.75, 3.05) is 20.1 Å². The van der Waals surface area contributed by atoms with Crippen molar-refractivity contribution in [2.24, 2.45) is 5.92 Å². The van der Waals surface area contributed by atoms with E-state index in [0.29, 0.717) is 17.9 Å². The lowest BCUT2D eigenvalue weighted by atomic mass is 9.92. The van der Waals surface area contributed by atoms with E-state index in [2.05, 4.69) is 36.0 Å². The van der Waals surface area contributed by atoms with E-state index < -0.39 is 0 Å². The molecule has 0 bridgehead atoms. The number of hydrogen-bond donors (Lipinski definition) is 1. The number of carbonyl (C=O) groups excluding carboxylic acids is 1. The van der Waals surface area contributed by atoms with Crippen LogP contribution in [0.25, 0.3) is 0 Å². The van der Waals surface area contributed by atoms with Crippen LogP contribution in [0.5, 0.6) is 0 Å². The Morgan fingerprint density at radius 3 is 2.72 bits per heavy atom. The summed E-state index contributed by atoms with van der Waals surface area (Å²) in [5.74, 6) is 0.869. The molecule has 0 aromatic heterocycles. The Bertz CT molecular complexity index is 307. The number of nitrogens with one attached hydrogen (secondary N) is 1. The average Bonchev–Trinajstić information content (AvgIpc) is 2.57. The highest BCUT2D eigenvalue weighted by Crippen LogP contribution is 2.27. The van der Waals surface area contributed by atoms with Gasteiger partial charge in [0.2, 0.25) is 5.91 Å². The van der Waals surface area contributed by atoms with Crippen LogP contribution in [0, 0.1) is 5.92 Å². The third-order valence-corrected chi connectivity index (χ3v) is 4.39. The normalized spacial score (nSPS) is 38.4. The van der Waals surface area contributed by atoms with Gasteiger partial charge in [-0.3, -0.25) is 10.1 Å². The molecule has 4 nitrogen and oxygen atoms in total. The Morgan fingerprint density at radius 2 is 2.11 bits per heavy atom. The summed E-state index contributed by atoms with van der Waals surface area (Å²) in [5.41, 5.74) is 0. The van der Waals surface area contributed by atoms with Crippen molar-refractivity contribution in [3.8, 4) is 0 Å². The zero-order valence-electron chi connectivity index (χ0n) is 12.1. The highest BCUT2D eigenvalue weighted by Gasteiger charge is 2.42. The minimum absolute atomic E-state index is 0.00611. The maximum Gasteiger partial charge on any atom is 0.240 e. The van der Waals surface area contributed by atoms with Crippen LogP contribution in [0.1, 0.15) is 40.0 Å². The van der Waals surface area contributed by atoms with E-state index >= 15 is 0 Å². The lowest BCUT2D eigenvalue weighted by Crippen LogP contribution is -2.53. The van der Waals surface area contributed by atoms with Crippen molar-refractivity contribution in [3.05, 3.63) is 0 Å². The number of amides is 1. The molecule has 0 saturated carbocycles. The van der Waals surface area contributed by atoms with E-state index in [0.717, 1.165) is 32.4 Å². The molecule has 0 aliphatic carbocycles. The largest absolute Gasteiger partial charge is 0.322 e. The third kappa shape index (κ3) is 2.54. The van der Waals surface area contributed by atoms with Crippen molar-refractivity contribution in [1.82, 2.24) is 15.1 Å². The molecule has 104 valence electrons. The maximum atomic E-state index is 12.4. The minimum atomic E-state index is -0.00611. The zero-order chi connectivity index (χ0) is 13.3. The number of piperidine rings is 1. The lowest BCUT2D eigenvalue weighted by Gasteiger charge is -2.42. The molecule has 0 aromatic rings. The summed E-state index contributed by atoms with van der Waals surface area (Å²) in [6.07, 6.45) is 3.55. The van der Waals surface area contributed by atoms with Crippen molar-refractivity contribution < 1.29 is 4.79 Å². The first kappa shape index (κ1) is 13.8. The van der Waals surface area contributed by atoms with Gasteiger partial charge < -0.3 is 9.80 Å². The summed E-state index contributed by atoms with van der Waals surface area (Å²) >= 11 is 0. The molecule has 1 N–H and O–H groups in total. The zero-order valence-corrected chi connectivity index (χ0v) is 12.1. The van der Waals surface area contributed by atoms with E-state index in [1.54, 1.807) is 0 Å². The third-order valence-electron chi connectivity index (χ3n) is 4.39. The van der Waals surface area contributed by atoms with Gasteiger partial charge in [-0.05, 0) is 39.3 Å². The Labute approximate surface area is 111 Å². The number of likely N-dealkylation sites (tertiary alicyclic amines) is 1. The Balaban J connectivity index is 2.11. The fourth-order valence-corrected chi connectivity index (χ4v) is 3.46. The number of hydrogen-bond acceptors (Lipinski definition) is 3. The molecule has 0 spiro atoms. The molecule has 0 aromatic carbocycles. The van der Waals surface area contributed by atoms with Gasteiger partial charge in [0.25, 0.3) is 0 Å². The summed E-state index contributed by atoms with van der Waals surface area (Å²) in [5, 5.41) is 3.45. The highest BCUT2D eigenvalue weighted by atomic mass is 16.2. The summed E-state index contributed by atoms with van der Waals surface area (Å²) < 4.78 is 0. The lowest BCUT2D eigenvalue weighted by molar-refractivity contribution is -0.134. The fraction of sp³-hybridized carbons (Fsp3) is 0.929. The summed E-state index contributed by atoms with van der Waals surface area (Å²) in [4.78, 5) is 16.9. The van der Waals surface area contributed by atoms with Gasteiger partial charge in [0.05, 0.1) is 12.2 Å². The minimum Gasteiger partial charge on any atom is -0.322 e. The van der Waals surface area contributed by atoms with E-state index in [4.69, 9.17) is 0 Å². The Hall–Kier alpha value is -0.610. The van der Waals surface area contributed by atoms with E-state index in [1.807, 2.05) is 6.92 Å². The van der Waals surface area contributed by atoms with Crippen molar-refractivity contribution >= 4 is 5.91 Å². The summed E-state index contributed by atoms with van der Waals surface area (Å²) in [7, 11) is 2.17. The number of rotatable bonds is 3. The second-order valence-corrected chi connectivity index (χ2v) is 6.03. The van der Waals surface area contributed by atoms with Crippen LogP contribution in [0.15, 0.2) is 0 Å². The molecule has 2 heterocycles. The molecule has 4 atom stereocenters. The van der Waals surface area contributed by atoms with Crippen LogP contribution < -0.4 is 5.32 Å². The van der Waals surface area contributed by atoms with Crippen LogP contribution in [-0.2, 0) is 4.79 Å². The van der Waals surface area contributed by atoms with Crippen molar-refractivity contribution in [3.63, 3.8) is 0 Å². The average molecular weight is 253 g/mol. The van der Waals surface area contributed by atoms with Gasteiger partial charge in [0, 0.05) is 12.6 Å². The topological polar surface area (TPSA) is 35.6 Å². The quantitative estimate of drug-likeness (QED) is 0.823. The van der Waals surface area contributed by atoms with Gasteiger partial charge in [-0.25, -0.2) is 0 Å². The van der Waals surface area contributed by atoms with Gasteiger partial charge in [-0.15, -0.1) is 0 Å². The summed E-state index contributed by atoms with van der Waals surface area (Å²) in [6.45, 7) is 8.66. The van der Waals surface area contributed by atoms with Crippen molar-refractivity contribution in [1.29, 1.82) is 0 Å². The van der Waals surface area contributed by atoms with Gasteiger partial charge in [-0.2, -0.15) is 0 Å². The molecule has 0 radical (unpaired) electrons. The van der Waals surface area contributed by atoms with E-state index in [1.165, 1.54) is 0 Å². The van der Waals surface area contributed by atoms with E-state index in [-0.39, 0.29) is 12.2 Å². The standard InChI is InChI=1S/C14H27N3O/c1-5-6-13-15-11(3)14(18)17(13)12-7-8-16(4)9-10(12)2/h10-13,15H,5-9H2,1-4H3. The molecule has 2 saturated heterocycles. The highest BCUT2D eigenvalue weighted by molar-refractivity contribution is 5.84. The molecular weight excluding hydrogens is 226 g/mol. The fourth-order valence-electron chi connectivity index (χ4n) is 3.46. The second-order valence-electron chi connectivity index (χ2n) is 6.03.